The van der Waals surface area contributed by atoms with Crippen molar-refractivity contribution < 1.29 is 18.7 Å². The second-order valence-electron chi connectivity index (χ2n) is 7.74. The highest BCUT2D eigenvalue weighted by molar-refractivity contribution is 5.94. The lowest BCUT2D eigenvalue weighted by atomic mass is 10.0. The highest BCUT2D eigenvalue weighted by Gasteiger charge is 2.15. The van der Waals surface area contributed by atoms with E-state index in [9.17, 15) is 14.4 Å². The maximum atomic E-state index is 13.0. The normalized spacial score (nSPS) is 10.7. The Morgan fingerprint density at radius 3 is 2.48 bits per heavy atom. The van der Waals surface area contributed by atoms with E-state index in [1.54, 1.807) is 37.3 Å². The van der Waals surface area contributed by atoms with Crippen LogP contribution in [0.2, 0.25) is 0 Å². The summed E-state index contributed by atoms with van der Waals surface area (Å²) >= 11 is 0. The van der Waals surface area contributed by atoms with Crippen LogP contribution in [-0.2, 0) is 4.79 Å². The number of esters is 1. The summed E-state index contributed by atoms with van der Waals surface area (Å²) in [6.45, 7) is 3.79. The smallest absolute Gasteiger partial charge is 0.312 e. The Balaban J connectivity index is 1.43. The van der Waals surface area contributed by atoms with Crippen LogP contribution < -0.4 is 15.5 Å². The molecule has 0 aliphatic heterocycles. The van der Waals surface area contributed by atoms with Crippen molar-refractivity contribution in [2.75, 3.05) is 6.54 Å². The van der Waals surface area contributed by atoms with E-state index in [4.69, 9.17) is 9.15 Å². The van der Waals surface area contributed by atoms with Crippen LogP contribution in [0, 0.1) is 13.8 Å². The van der Waals surface area contributed by atoms with Crippen molar-refractivity contribution >= 4 is 22.8 Å². The molecule has 1 aromatic heterocycles. The third kappa shape index (κ3) is 5.01. The number of aryl methyl sites for hydroxylation is 2. The van der Waals surface area contributed by atoms with Gasteiger partial charge in [0.1, 0.15) is 17.1 Å². The van der Waals surface area contributed by atoms with Crippen molar-refractivity contribution in [2.45, 2.75) is 20.3 Å². The minimum absolute atomic E-state index is 0.00547. The summed E-state index contributed by atoms with van der Waals surface area (Å²) in [4.78, 5) is 37.4. The SMILES string of the molecule is Cc1cccc(C(=O)NCCC(=O)Oc2ccc3c(=O)c(-c4ccccc4)c(C)oc3c2)c1. The van der Waals surface area contributed by atoms with Crippen LogP contribution in [0.1, 0.15) is 28.1 Å². The first-order valence-electron chi connectivity index (χ1n) is 10.6. The number of nitrogens with one attached hydrogen (secondary N) is 1. The molecule has 1 amide bonds. The van der Waals surface area contributed by atoms with Gasteiger partial charge in [0.15, 0.2) is 0 Å². The molecule has 4 aromatic rings. The van der Waals surface area contributed by atoms with Gasteiger partial charge in [-0.3, -0.25) is 14.4 Å². The van der Waals surface area contributed by atoms with E-state index in [1.807, 2.05) is 43.3 Å². The molecule has 3 aromatic carbocycles. The van der Waals surface area contributed by atoms with E-state index in [2.05, 4.69) is 5.32 Å². The van der Waals surface area contributed by atoms with Crippen molar-refractivity contribution in [1.82, 2.24) is 5.32 Å². The van der Waals surface area contributed by atoms with Gasteiger partial charge in [-0.1, -0.05) is 48.0 Å². The Kier molecular flexibility index (Phi) is 6.36. The molecule has 6 nitrogen and oxygen atoms in total. The average molecular weight is 441 g/mol. The highest BCUT2D eigenvalue weighted by atomic mass is 16.5. The molecule has 0 atom stereocenters. The molecule has 33 heavy (non-hydrogen) atoms. The lowest BCUT2D eigenvalue weighted by Gasteiger charge is -2.09. The summed E-state index contributed by atoms with van der Waals surface area (Å²) in [6.07, 6.45) is 0.00547. The van der Waals surface area contributed by atoms with E-state index >= 15 is 0 Å². The molecule has 0 aliphatic carbocycles. The predicted octanol–water partition coefficient (Wildman–Crippen LogP) is 4.80. The van der Waals surface area contributed by atoms with Crippen molar-refractivity contribution in [3.63, 3.8) is 0 Å². The Bertz CT molecular complexity index is 1390. The monoisotopic (exact) mass is 441 g/mol. The number of rotatable bonds is 6. The number of ether oxygens (including phenoxy) is 1. The van der Waals surface area contributed by atoms with Crippen LogP contribution in [0.4, 0.5) is 0 Å². The van der Waals surface area contributed by atoms with Gasteiger partial charge < -0.3 is 14.5 Å². The van der Waals surface area contributed by atoms with Gasteiger partial charge in [0.05, 0.1) is 17.4 Å². The number of fused-ring (bicyclic) bond motifs is 1. The molecular formula is C27H23NO5. The third-order valence-corrected chi connectivity index (χ3v) is 5.23. The van der Waals surface area contributed by atoms with E-state index in [-0.39, 0.29) is 30.1 Å². The molecule has 6 heteroatoms. The number of carbonyl (C=O) groups excluding carboxylic acids is 2. The number of hydrogen-bond donors (Lipinski definition) is 1. The first-order chi connectivity index (χ1) is 15.9. The Morgan fingerprint density at radius 1 is 0.939 bits per heavy atom. The molecule has 0 unspecified atom stereocenters. The standard InChI is InChI=1S/C27H23NO5/c1-17-7-6-10-20(15-17)27(31)28-14-13-24(29)33-21-11-12-22-23(16-21)32-18(2)25(26(22)30)19-8-4-3-5-9-19/h3-12,15-16H,13-14H2,1-2H3,(H,28,31). The number of hydrogen-bond acceptors (Lipinski definition) is 5. The van der Waals surface area contributed by atoms with Gasteiger partial charge in [0.25, 0.3) is 5.91 Å². The fourth-order valence-electron chi connectivity index (χ4n) is 3.64. The zero-order valence-electron chi connectivity index (χ0n) is 18.4. The van der Waals surface area contributed by atoms with Crippen LogP contribution in [0.5, 0.6) is 5.75 Å². The molecule has 0 saturated heterocycles. The molecule has 0 aliphatic rings. The van der Waals surface area contributed by atoms with Crippen LogP contribution in [0.3, 0.4) is 0 Å². The topological polar surface area (TPSA) is 85.6 Å². The third-order valence-electron chi connectivity index (χ3n) is 5.23. The molecule has 0 saturated carbocycles. The van der Waals surface area contributed by atoms with Gasteiger partial charge in [-0.15, -0.1) is 0 Å². The number of benzene rings is 3. The Labute approximate surface area is 190 Å². The maximum absolute atomic E-state index is 13.0. The molecule has 1 N–H and O–H groups in total. The van der Waals surface area contributed by atoms with Gasteiger partial charge in [0.2, 0.25) is 5.43 Å². The molecular weight excluding hydrogens is 418 g/mol. The fourth-order valence-corrected chi connectivity index (χ4v) is 3.64. The highest BCUT2D eigenvalue weighted by Crippen LogP contribution is 2.26. The van der Waals surface area contributed by atoms with E-state index in [1.165, 1.54) is 6.07 Å². The summed E-state index contributed by atoms with van der Waals surface area (Å²) in [5, 5.41) is 3.12. The Hall–Kier alpha value is -4.19. The van der Waals surface area contributed by atoms with Crippen LogP contribution in [0.25, 0.3) is 22.1 Å². The number of amides is 1. The molecule has 166 valence electrons. The van der Waals surface area contributed by atoms with Crippen LogP contribution in [0.15, 0.2) is 82.0 Å². The molecule has 0 fully saturated rings. The summed E-state index contributed by atoms with van der Waals surface area (Å²) < 4.78 is 11.2. The minimum atomic E-state index is -0.501. The lowest BCUT2D eigenvalue weighted by molar-refractivity contribution is -0.134. The zero-order chi connectivity index (χ0) is 23.4. The van der Waals surface area contributed by atoms with Gasteiger partial charge >= 0.3 is 5.97 Å². The van der Waals surface area contributed by atoms with Gasteiger partial charge in [-0.2, -0.15) is 0 Å². The molecule has 0 spiro atoms. The summed E-state index contributed by atoms with van der Waals surface area (Å²) in [5.41, 5.74) is 3.02. The second kappa shape index (κ2) is 9.53. The van der Waals surface area contributed by atoms with Crippen LogP contribution in [-0.4, -0.2) is 18.4 Å². The Morgan fingerprint density at radius 2 is 1.73 bits per heavy atom. The van der Waals surface area contributed by atoms with Crippen molar-refractivity contribution in [2.24, 2.45) is 0 Å². The largest absolute Gasteiger partial charge is 0.460 e. The summed E-state index contributed by atoms with van der Waals surface area (Å²) in [7, 11) is 0. The molecule has 4 rings (SSSR count). The minimum Gasteiger partial charge on any atom is -0.460 e. The van der Waals surface area contributed by atoms with Gasteiger partial charge in [0, 0.05) is 18.2 Å². The summed E-state index contributed by atoms with van der Waals surface area (Å²) in [6, 6.07) is 21.2. The van der Waals surface area contributed by atoms with Gasteiger partial charge in [-0.25, -0.2) is 0 Å². The fraction of sp³-hybridized carbons (Fsp3) is 0.148. The van der Waals surface area contributed by atoms with Gasteiger partial charge in [-0.05, 0) is 43.7 Å². The average Bonchev–Trinajstić information content (AvgIpc) is 2.79. The number of carbonyl (C=O) groups is 2. The quantitative estimate of drug-likeness (QED) is 0.343. The van der Waals surface area contributed by atoms with E-state index < -0.39 is 5.97 Å². The first-order valence-corrected chi connectivity index (χ1v) is 10.6. The van der Waals surface area contributed by atoms with Crippen LogP contribution >= 0.6 is 0 Å². The predicted molar refractivity (Wildman–Crippen MR) is 126 cm³/mol. The molecule has 0 radical (unpaired) electrons. The van der Waals surface area contributed by atoms with Crippen molar-refractivity contribution in [3.8, 4) is 16.9 Å². The van der Waals surface area contributed by atoms with Crippen molar-refractivity contribution in [3.05, 3.63) is 99.9 Å². The lowest BCUT2D eigenvalue weighted by Crippen LogP contribution is -2.27. The van der Waals surface area contributed by atoms with E-state index in [0.717, 1.165) is 11.1 Å². The molecule has 0 bridgehead atoms. The van der Waals surface area contributed by atoms with Crippen molar-refractivity contribution in [1.29, 1.82) is 0 Å². The first kappa shape index (κ1) is 22.0. The summed E-state index contributed by atoms with van der Waals surface area (Å²) in [5.74, 6) is 0.0103. The maximum Gasteiger partial charge on any atom is 0.312 e. The van der Waals surface area contributed by atoms with E-state index in [0.29, 0.717) is 27.9 Å². The molecule has 1 heterocycles. The zero-order valence-corrected chi connectivity index (χ0v) is 18.4. The second-order valence-corrected chi connectivity index (χ2v) is 7.74.